The molecule has 1 aliphatic rings. The van der Waals surface area contributed by atoms with Crippen LogP contribution in [0.5, 0.6) is 5.75 Å². The van der Waals surface area contributed by atoms with Crippen molar-refractivity contribution in [2.75, 3.05) is 6.61 Å². The number of nitrogens with zero attached hydrogens (tertiary/aromatic N) is 3. The zero-order chi connectivity index (χ0) is 21.1. The summed E-state index contributed by atoms with van der Waals surface area (Å²) in [4.78, 5) is 15.2. The average Bonchev–Trinajstić information content (AvgIpc) is 3.37. The highest BCUT2D eigenvalue weighted by atomic mass is 35.5. The molecule has 1 aliphatic heterocycles. The zero-order valence-electron chi connectivity index (χ0n) is 16.0. The van der Waals surface area contributed by atoms with Crippen molar-refractivity contribution in [3.8, 4) is 5.75 Å². The molecule has 7 nitrogen and oxygen atoms in total. The predicted molar refractivity (Wildman–Crippen MR) is 113 cm³/mol. The van der Waals surface area contributed by atoms with E-state index in [-0.39, 0.29) is 6.10 Å². The standard InChI is InChI=1S/C21H20Cl2N4O3/c22-15-3-6-18(19(23)9-15)21(11-27-13-25-12-26-27)8-7-17(30-21)10-29-16-4-1-14(2-5-16)20(24)28/h1-6,9,12-13,17H,7-8,10-11H2,(H2,24,28)/t17-,21+/m1/s1. The van der Waals surface area contributed by atoms with Gasteiger partial charge in [0.1, 0.15) is 30.6 Å². The Morgan fingerprint density at radius 2 is 2.07 bits per heavy atom. The van der Waals surface area contributed by atoms with Crippen LogP contribution in [0.15, 0.2) is 55.1 Å². The fourth-order valence-corrected chi connectivity index (χ4v) is 4.27. The number of nitrogens with two attached hydrogens (primary N) is 1. The Kier molecular flexibility index (Phi) is 5.94. The predicted octanol–water partition coefficient (Wildman–Crippen LogP) is 3.84. The molecule has 2 aromatic carbocycles. The number of benzene rings is 2. The summed E-state index contributed by atoms with van der Waals surface area (Å²) in [7, 11) is 0. The number of amides is 1. The van der Waals surface area contributed by atoms with E-state index in [1.807, 2.05) is 6.07 Å². The molecule has 156 valence electrons. The van der Waals surface area contributed by atoms with E-state index in [1.165, 1.54) is 6.33 Å². The van der Waals surface area contributed by atoms with E-state index < -0.39 is 11.5 Å². The molecule has 0 spiro atoms. The molecule has 1 aromatic heterocycles. The highest BCUT2D eigenvalue weighted by Crippen LogP contribution is 2.44. The van der Waals surface area contributed by atoms with Crippen molar-refractivity contribution in [1.82, 2.24) is 14.8 Å². The number of hydrogen-bond donors (Lipinski definition) is 1. The van der Waals surface area contributed by atoms with E-state index in [0.29, 0.717) is 34.5 Å². The summed E-state index contributed by atoms with van der Waals surface area (Å²) in [6, 6.07) is 12.1. The maximum atomic E-state index is 11.2. The lowest BCUT2D eigenvalue weighted by molar-refractivity contribution is -0.0715. The van der Waals surface area contributed by atoms with E-state index in [0.717, 1.165) is 18.4 Å². The second-order valence-electron chi connectivity index (χ2n) is 7.19. The maximum Gasteiger partial charge on any atom is 0.248 e. The molecule has 0 unspecified atom stereocenters. The third-order valence-electron chi connectivity index (χ3n) is 5.14. The van der Waals surface area contributed by atoms with Gasteiger partial charge in [-0.15, -0.1) is 0 Å². The Labute approximate surface area is 183 Å². The van der Waals surface area contributed by atoms with Gasteiger partial charge >= 0.3 is 0 Å². The first-order chi connectivity index (χ1) is 14.4. The molecule has 0 saturated carbocycles. The van der Waals surface area contributed by atoms with Crippen LogP contribution in [-0.4, -0.2) is 33.4 Å². The van der Waals surface area contributed by atoms with Gasteiger partial charge in [0.25, 0.3) is 0 Å². The van der Waals surface area contributed by atoms with E-state index in [2.05, 4.69) is 10.1 Å². The van der Waals surface area contributed by atoms with Crippen LogP contribution in [0.2, 0.25) is 10.0 Å². The second-order valence-corrected chi connectivity index (χ2v) is 8.03. The fraction of sp³-hybridized carbons (Fsp3) is 0.286. The lowest BCUT2D eigenvalue weighted by Crippen LogP contribution is -2.33. The van der Waals surface area contributed by atoms with Crippen molar-refractivity contribution in [1.29, 1.82) is 0 Å². The van der Waals surface area contributed by atoms with Gasteiger partial charge in [-0.05, 0) is 49.2 Å². The Bertz CT molecular complexity index is 1030. The van der Waals surface area contributed by atoms with Crippen LogP contribution in [0.25, 0.3) is 0 Å². The van der Waals surface area contributed by atoms with Crippen LogP contribution in [-0.2, 0) is 16.9 Å². The van der Waals surface area contributed by atoms with E-state index in [4.69, 9.17) is 38.4 Å². The van der Waals surface area contributed by atoms with Crippen LogP contribution in [0.1, 0.15) is 28.8 Å². The third kappa shape index (κ3) is 4.43. The Balaban J connectivity index is 1.50. The van der Waals surface area contributed by atoms with E-state index in [1.54, 1.807) is 47.4 Å². The van der Waals surface area contributed by atoms with E-state index in [9.17, 15) is 4.79 Å². The summed E-state index contributed by atoms with van der Waals surface area (Å²) < 4.78 is 14.1. The smallest absolute Gasteiger partial charge is 0.248 e. The molecule has 0 bridgehead atoms. The molecule has 2 atom stereocenters. The number of rotatable bonds is 7. The normalized spacial score (nSPS) is 20.9. The first-order valence-corrected chi connectivity index (χ1v) is 10.2. The van der Waals surface area contributed by atoms with Gasteiger partial charge in [0.05, 0.1) is 12.6 Å². The lowest BCUT2D eigenvalue weighted by atomic mass is 9.90. The molecule has 1 fully saturated rings. The summed E-state index contributed by atoms with van der Waals surface area (Å²) in [5, 5.41) is 5.34. The molecule has 1 amide bonds. The molecule has 2 heterocycles. The summed E-state index contributed by atoms with van der Waals surface area (Å²) in [5.74, 6) is 0.167. The summed E-state index contributed by atoms with van der Waals surface area (Å²) in [6.45, 7) is 0.832. The Morgan fingerprint density at radius 3 is 2.73 bits per heavy atom. The first-order valence-electron chi connectivity index (χ1n) is 9.44. The van der Waals surface area contributed by atoms with Gasteiger partial charge in [-0.1, -0.05) is 29.3 Å². The van der Waals surface area contributed by atoms with Crippen molar-refractivity contribution in [3.05, 3.63) is 76.3 Å². The van der Waals surface area contributed by atoms with Crippen molar-refractivity contribution in [2.24, 2.45) is 5.73 Å². The molecule has 30 heavy (non-hydrogen) atoms. The number of carbonyl (C=O) groups excluding carboxylic acids is 1. The second kappa shape index (κ2) is 8.63. The van der Waals surface area contributed by atoms with E-state index >= 15 is 0 Å². The van der Waals surface area contributed by atoms with Crippen LogP contribution >= 0.6 is 23.2 Å². The third-order valence-corrected chi connectivity index (χ3v) is 5.69. The van der Waals surface area contributed by atoms with Crippen molar-refractivity contribution >= 4 is 29.1 Å². The van der Waals surface area contributed by atoms with Gasteiger partial charge in [-0.25, -0.2) is 9.67 Å². The van der Waals surface area contributed by atoms with Gasteiger partial charge in [0, 0.05) is 21.2 Å². The van der Waals surface area contributed by atoms with Crippen molar-refractivity contribution in [2.45, 2.75) is 31.1 Å². The highest BCUT2D eigenvalue weighted by Gasteiger charge is 2.44. The van der Waals surface area contributed by atoms with Gasteiger partial charge in [0.2, 0.25) is 5.91 Å². The maximum absolute atomic E-state index is 11.2. The molecular formula is C21H20Cl2N4O3. The van der Waals surface area contributed by atoms with Gasteiger partial charge in [-0.3, -0.25) is 4.79 Å². The molecule has 1 saturated heterocycles. The SMILES string of the molecule is NC(=O)c1ccc(OC[C@H]2CC[C@](Cn3cncn3)(c3ccc(Cl)cc3Cl)O2)cc1. The molecule has 0 aliphatic carbocycles. The average molecular weight is 447 g/mol. The number of hydrogen-bond acceptors (Lipinski definition) is 5. The van der Waals surface area contributed by atoms with Crippen LogP contribution in [0.3, 0.4) is 0 Å². The monoisotopic (exact) mass is 446 g/mol. The number of carbonyl (C=O) groups is 1. The molecular weight excluding hydrogens is 427 g/mol. The molecule has 2 N–H and O–H groups in total. The minimum absolute atomic E-state index is 0.143. The first kappa shape index (κ1) is 20.7. The molecule has 0 radical (unpaired) electrons. The summed E-state index contributed by atoms with van der Waals surface area (Å²) in [5.41, 5.74) is 5.89. The van der Waals surface area contributed by atoms with Gasteiger partial charge in [-0.2, -0.15) is 5.10 Å². The van der Waals surface area contributed by atoms with Crippen LogP contribution < -0.4 is 10.5 Å². The number of primary amides is 1. The Hall–Kier alpha value is -2.61. The quantitative estimate of drug-likeness (QED) is 0.594. The Morgan fingerprint density at radius 1 is 1.27 bits per heavy atom. The van der Waals surface area contributed by atoms with Gasteiger partial charge < -0.3 is 15.2 Å². The molecule has 9 heteroatoms. The number of halogens is 2. The highest BCUT2D eigenvalue weighted by molar-refractivity contribution is 6.35. The number of ether oxygens (including phenoxy) is 2. The van der Waals surface area contributed by atoms with Crippen molar-refractivity contribution in [3.63, 3.8) is 0 Å². The topological polar surface area (TPSA) is 92.3 Å². The summed E-state index contributed by atoms with van der Waals surface area (Å²) >= 11 is 12.6. The molecule has 3 aromatic rings. The minimum Gasteiger partial charge on any atom is -0.491 e. The van der Waals surface area contributed by atoms with Crippen LogP contribution in [0, 0.1) is 0 Å². The lowest BCUT2D eigenvalue weighted by Gasteiger charge is -2.31. The fourth-order valence-electron chi connectivity index (χ4n) is 3.69. The zero-order valence-corrected chi connectivity index (χ0v) is 17.5. The van der Waals surface area contributed by atoms with Gasteiger partial charge in [0.15, 0.2) is 0 Å². The minimum atomic E-state index is -0.667. The number of aromatic nitrogens is 3. The molecule has 4 rings (SSSR count). The summed E-state index contributed by atoms with van der Waals surface area (Å²) in [6.07, 6.45) is 4.52. The van der Waals surface area contributed by atoms with Crippen molar-refractivity contribution < 1.29 is 14.3 Å². The van der Waals surface area contributed by atoms with Crippen LogP contribution in [0.4, 0.5) is 0 Å². The largest absolute Gasteiger partial charge is 0.491 e.